The molecule has 55 heavy (non-hydrogen) atoms. The van der Waals surface area contributed by atoms with Crippen molar-refractivity contribution in [1.82, 2.24) is 34.0 Å². The third-order valence-electron chi connectivity index (χ3n) is 8.84. The van der Waals surface area contributed by atoms with Crippen LogP contribution in [0.4, 0.5) is 39.3 Å². The van der Waals surface area contributed by atoms with Gasteiger partial charge in [0.15, 0.2) is 11.4 Å². The molecule has 0 bridgehead atoms. The molecule has 0 aliphatic carbocycles. The van der Waals surface area contributed by atoms with Crippen LogP contribution in [0.15, 0.2) is 59.7 Å². The molecule has 20 heteroatoms. The Bertz CT molecular complexity index is 2310. The van der Waals surface area contributed by atoms with E-state index in [0.717, 1.165) is 11.6 Å². The molecule has 1 saturated heterocycles. The zero-order valence-corrected chi connectivity index (χ0v) is 30.6. The van der Waals surface area contributed by atoms with E-state index in [1.807, 2.05) is 35.6 Å². The molecule has 0 radical (unpaired) electrons. The van der Waals surface area contributed by atoms with Crippen LogP contribution in [0.3, 0.4) is 0 Å². The van der Waals surface area contributed by atoms with Gasteiger partial charge in [0.25, 0.3) is 11.5 Å². The van der Waals surface area contributed by atoms with Gasteiger partial charge in [-0.25, -0.2) is 14.5 Å². The van der Waals surface area contributed by atoms with Crippen LogP contribution in [0.5, 0.6) is 5.75 Å². The molecule has 1 N–H and O–H groups in total. The summed E-state index contributed by atoms with van der Waals surface area (Å²) in [6, 6.07) is 6.67. The largest absolute Gasteiger partial charge is 0.485 e. The fraction of sp³-hybridized carbons (Fsp3) is 0.343. The van der Waals surface area contributed by atoms with Crippen LogP contribution in [0.1, 0.15) is 39.9 Å². The van der Waals surface area contributed by atoms with Gasteiger partial charge in [0.2, 0.25) is 11.7 Å². The van der Waals surface area contributed by atoms with Crippen molar-refractivity contribution >= 4 is 46.5 Å². The van der Waals surface area contributed by atoms with Crippen molar-refractivity contribution in [2.45, 2.75) is 39.1 Å². The van der Waals surface area contributed by atoms with Gasteiger partial charge < -0.3 is 24.8 Å². The minimum absolute atomic E-state index is 0.0118. The first-order valence-corrected chi connectivity index (χ1v) is 17.2. The number of rotatable bonds is 10. The molecule has 290 valence electrons. The fourth-order valence-electron chi connectivity index (χ4n) is 6.04. The van der Waals surface area contributed by atoms with E-state index in [0.29, 0.717) is 22.3 Å². The smallest absolute Gasteiger partial charge is 0.416 e. The predicted molar refractivity (Wildman–Crippen MR) is 192 cm³/mol. The van der Waals surface area contributed by atoms with Crippen molar-refractivity contribution in [2.24, 2.45) is 0 Å². The molecule has 3 aromatic heterocycles. The summed E-state index contributed by atoms with van der Waals surface area (Å²) >= 11 is 5.96. The van der Waals surface area contributed by atoms with Crippen molar-refractivity contribution in [1.29, 1.82) is 0 Å². The minimum atomic E-state index is -4.77. The number of carbonyl (C=O) groups excluding carboxylic acids is 2. The Hall–Kier alpha value is -5.85. The first kappa shape index (κ1) is 38.9. The number of hydrogen-bond donors (Lipinski definition) is 1. The van der Waals surface area contributed by atoms with E-state index < -0.39 is 51.6 Å². The number of benzene rings is 2. The van der Waals surface area contributed by atoms with E-state index in [9.17, 15) is 27.6 Å². The summed E-state index contributed by atoms with van der Waals surface area (Å²) in [5, 5.41) is 5.42. The lowest BCUT2D eigenvalue weighted by Gasteiger charge is -2.37. The number of amides is 2. The van der Waals surface area contributed by atoms with Crippen LogP contribution in [-0.4, -0.2) is 86.1 Å². The maximum atomic E-state index is 16.5. The summed E-state index contributed by atoms with van der Waals surface area (Å²) in [6.07, 6.45) is -3.71. The van der Waals surface area contributed by atoms with E-state index in [-0.39, 0.29) is 72.5 Å². The summed E-state index contributed by atoms with van der Waals surface area (Å²) in [4.78, 5) is 58.1. The molecule has 5 aromatic rings. The number of anilines is 3. The Morgan fingerprint density at radius 1 is 1.00 bits per heavy atom. The standard InChI is InChI=1S/C35H34ClF5N10O4/c1-5-25-27(48-13-15-49(16-14-48)29(52)26-28(20(2)42-19-43-26)55-18-21-9-7-6-8-10-21)30(53)51-33(45-32(46-51)47(3)4)50(25)35(40,41)31(54)44-24-12-11-22(17-23(24)36)34(37,38)39/h6-12,17,19H,5,13-16,18H2,1-4H3,(H,44,54). The van der Waals surface area contributed by atoms with Crippen LogP contribution < -0.4 is 25.4 Å². The van der Waals surface area contributed by atoms with Crippen molar-refractivity contribution in [3.63, 3.8) is 0 Å². The van der Waals surface area contributed by atoms with Gasteiger partial charge in [0, 0.05) is 40.3 Å². The average Bonchev–Trinajstić information content (AvgIpc) is 3.60. The van der Waals surface area contributed by atoms with Gasteiger partial charge in [-0.15, -0.1) is 5.10 Å². The lowest BCUT2D eigenvalue weighted by atomic mass is 10.1. The number of carbonyl (C=O) groups is 2. The second-order valence-electron chi connectivity index (χ2n) is 12.7. The molecule has 2 aromatic carbocycles. The van der Waals surface area contributed by atoms with E-state index in [4.69, 9.17) is 16.3 Å². The highest BCUT2D eigenvalue weighted by molar-refractivity contribution is 6.33. The lowest BCUT2D eigenvalue weighted by molar-refractivity contribution is -0.154. The molecular formula is C35H34ClF5N10O4. The number of halogens is 6. The fourth-order valence-corrected chi connectivity index (χ4v) is 6.27. The van der Waals surface area contributed by atoms with E-state index in [1.54, 1.807) is 6.92 Å². The highest BCUT2D eigenvalue weighted by Crippen LogP contribution is 2.36. The van der Waals surface area contributed by atoms with Crippen molar-refractivity contribution in [3.05, 3.63) is 98.4 Å². The minimum Gasteiger partial charge on any atom is -0.485 e. The summed E-state index contributed by atoms with van der Waals surface area (Å²) in [7, 11) is 3.05. The number of piperazine rings is 1. The normalized spacial score (nSPS) is 13.6. The topological polar surface area (TPSA) is 143 Å². The number of ether oxygens (including phenoxy) is 1. The van der Waals surface area contributed by atoms with E-state index >= 15 is 8.78 Å². The SMILES string of the molecule is CCc1c(N2CCN(C(=O)c3ncnc(C)c3OCc3ccccc3)CC2)c(=O)n2nc(N(C)C)nc2n1C(F)(F)C(=O)Nc1ccc(C(F)(F)F)cc1Cl. The number of alkyl halides is 5. The van der Waals surface area contributed by atoms with Gasteiger partial charge in [0.1, 0.15) is 18.6 Å². The summed E-state index contributed by atoms with van der Waals surface area (Å²) < 4.78 is 79.6. The molecule has 4 heterocycles. The van der Waals surface area contributed by atoms with Gasteiger partial charge in [-0.3, -0.25) is 14.4 Å². The molecule has 0 saturated carbocycles. The maximum absolute atomic E-state index is 16.5. The third-order valence-corrected chi connectivity index (χ3v) is 9.16. The number of aromatic nitrogens is 6. The predicted octanol–water partition coefficient (Wildman–Crippen LogP) is 5.02. The Balaban J connectivity index is 1.32. The molecule has 6 rings (SSSR count). The number of fused-ring (bicyclic) bond motifs is 1. The van der Waals surface area contributed by atoms with Gasteiger partial charge in [-0.05, 0) is 37.1 Å². The second kappa shape index (κ2) is 15.1. The van der Waals surface area contributed by atoms with Crippen molar-refractivity contribution in [3.8, 4) is 5.75 Å². The van der Waals surface area contributed by atoms with Gasteiger partial charge in [0.05, 0.1) is 27.7 Å². The molecule has 1 aliphatic heterocycles. The molecule has 0 atom stereocenters. The molecule has 2 amide bonds. The Kier molecular flexibility index (Phi) is 10.7. The maximum Gasteiger partial charge on any atom is 0.416 e. The zero-order chi connectivity index (χ0) is 39.8. The zero-order valence-electron chi connectivity index (χ0n) is 29.9. The van der Waals surface area contributed by atoms with E-state index in [2.05, 4.69) is 20.1 Å². The van der Waals surface area contributed by atoms with Crippen LogP contribution in [0.2, 0.25) is 5.02 Å². The molecular weight excluding hydrogens is 755 g/mol. The van der Waals surface area contributed by atoms with Crippen molar-refractivity contribution in [2.75, 3.05) is 55.4 Å². The molecule has 1 fully saturated rings. The first-order valence-electron chi connectivity index (χ1n) is 16.8. The van der Waals surface area contributed by atoms with E-state index in [1.165, 1.54) is 42.0 Å². The number of hydrogen-bond acceptors (Lipinski definition) is 10. The Labute approximate surface area is 315 Å². The van der Waals surface area contributed by atoms with Crippen molar-refractivity contribution < 1.29 is 36.3 Å². The first-order chi connectivity index (χ1) is 26.0. The monoisotopic (exact) mass is 788 g/mol. The molecule has 14 nitrogen and oxygen atoms in total. The summed E-state index contributed by atoms with van der Waals surface area (Å²) in [5.41, 5.74) is -1.58. The summed E-state index contributed by atoms with van der Waals surface area (Å²) in [6.45, 7) is 3.47. The number of nitrogens with zero attached hydrogens (tertiary/aromatic N) is 9. The quantitative estimate of drug-likeness (QED) is 0.192. The Morgan fingerprint density at radius 3 is 2.31 bits per heavy atom. The summed E-state index contributed by atoms with van der Waals surface area (Å²) in [5.74, 6) is -3.00. The molecule has 1 aliphatic rings. The average molecular weight is 789 g/mol. The van der Waals surface area contributed by atoms with Crippen LogP contribution >= 0.6 is 11.6 Å². The lowest BCUT2D eigenvalue weighted by Crippen LogP contribution is -2.51. The van der Waals surface area contributed by atoms with Gasteiger partial charge in [-0.1, -0.05) is 48.9 Å². The number of aryl methyl sites for hydroxylation is 1. The van der Waals surface area contributed by atoms with Crippen LogP contribution in [-0.2, 0) is 30.0 Å². The highest BCUT2D eigenvalue weighted by Gasteiger charge is 2.46. The van der Waals surface area contributed by atoms with Crippen LogP contribution in [0, 0.1) is 6.92 Å². The van der Waals surface area contributed by atoms with Gasteiger partial charge >= 0.3 is 18.1 Å². The highest BCUT2D eigenvalue weighted by atomic mass is 35.5. The molecule has 0 unspecified atom stereocenters. The van der Waals surface area contributed by atoms with Gasteiger partial charge in [-0.2, -0.15) is 31.5 Å². The van der Waals surface area contributed by atoms with Crippen LogP contribution in [0.25, 0.3) is 5.78 Å². The Morgan fingerprint density at radius 2 is 1.69 bits per heavy atom. The molecule has 0 spiro atoms. The second-order valence-corrected chi connectivity index (χ2v) is 13.1. The third kappa shape index (κ3) is 7.60. The number of nitrogens with one attached hydrogen (secondary N) is 1.